The van der Waals surface area contributed by atoms with Gasteiger partial charge >= 0.3 is 0 Å². The standard InChI is InChI=1S/C23H22BrNO2/c1-15-17(10-6-11-18(15)16-8-4-3-5-9-16)14-27-22-20-13-7-12-19(20)21(24)23(25-22)26-2/h3-6,8-11H,7,12-14H2,1-2H3. The molecule has 138 valence electrons. The van der Waals surface area contributed by atoms with Crippen LogP contribution < -0.4 is 9.47 Å². The fourth-order valence-electron chi connectivity index (χ4n) is 3.73. The molecular weight excluding hydrogens is 402 g/mol. The zero-order chi connectivity index (χ0) is 18.8. The summed E-state index contributed by atoms with van der Waals surface area (Å²) in [7, 11) is 1.64. The van der Waals surface area contributed by atoms with E-state index in [1.165, 1.54) is 33.4 Å². The molecule has 3 nitrogen and oxygen atoms in total. The molecule has 0 unspecified atom stereocenters. The average Bonchev–Trinajstić information content (AvgIpc) is 3.20. The summed E-state index contributed by atoms with van der Waals surface area (Å²) < 4.78 is 12.6. The molecule has 4 heteroatoms. The molecule has 4 rings (SSSR count). The van der Waals surface area contributed by atoms with Crippen molar-refractivity contribution >= 4 is 15.9 Å². The summed E-state index contributed by atoms with van der Waals surface area (Å²) >= 11 is 3.63. The lowest BCUT2D eigenvalue weighted by Gasteiger charge is -2.16. The Morgan fingerprint density at radius 1 is 0.963 bits per heavy atom. The Balaban J connectivity index is 1.63. The number of hydrogen-bond acceptors (Lipinski definition) is 3. The third kappa shape index (κ3) is 3.46. The normalized spacial score (nSPS) is 12.7. The van der Waals surface area contributed by atoms with Crippen LogP contribution in [0, 0.1) is 6.92 Å². The van der Waals surface area contributed by atoms with Crippen molar-refractivity contribution in [2.45, 2.75) is 32.8 Å². The molecule has 0 saturated carbocycles. The van der Waals surface area contributed by atoms with E-state index < -0.39 is 0 Å². The van der Waals surface area contributed by atoms with E-state index in [0.717, 1.165) is 23.7 Å². The van der Waals surface area contributed by atoms with Gasteiger partial charge in [-0.05, 0) is 69.9 Å². The first-order valence-corrected chi connectivity index (χ1v) is 10.00. The fourth-order valence-corrected chi connectivity index (χ4v) is 4.42. The molecular formula is C23H22BrNO2. The van der Waals surface area contributed by atoms with E-state index in [2.05, 4.69) is 70.3 Å². The van der Waals surface area contributed by atoms with Gasteiger partial charge in [-0.1, -0.05) is 48.5 Å². The number of benzene rings is 2. The third-order valence-corrected chi connectivity index (χ3v) is 6.04. The van der Waals surface area contributed by atoms with Gasteiger partial charge in [-0.3, -0.25) is 0 Å². The van der Waals surface area contributed by atoms with Gasteiger partial charge < -0.3 is 9.47 Å². The van der Waals surface area contributed by atoms with Crippen LogP contribution in [-0.2, 0) is 19.4 Å². The Morgan fingerprint density at radius 3 is 2.52 bits per heavy atom. The Bertz CT molecular complexity index is 970. The number of ether oxygens (including phenoxy) is 2. The lowest BCUT2D eigenvalue weighted by Crippen LogP contribution is -2.05. The second-order valence-electron chi connectivity index (χ2n) is 6.80. The zero-order valence-electron chi connectivity index (χ0n) is 15.6. The van der Waals surface area contributed by atoms with Crippen LogP contribution in [0.15, 0.2) is 53.0 Å². The van der Waals surface area contributed by atoms with E-state index in [1.807, 2.05) is 6.07 Å². The maximum atomic E-state index is 6.19. The number of hydrogen-bond donors (Lipinski definition) is 0. The van der Waals surface area contributed by atoms with E-state index >= 15 is 0 Å². The quantitative estimate of drug-likeness (QED) is 0.511. The van der Waals surface area contributed by atoms with Crippen LogP contribution in [0.3, 0.4) is 0 Å². The van der Waals surface area contributed by atoms with Gasteiger partial charge in [0.1, 0.15) is 6.61 Å². The van der Waals surface area contributed by atoms with Crippen molar-refractivity contribution in [1.29, 1.82) is 0 Å². The largest absolute Gasteiger partial charge is 0.480 e. The Morgan fingerprint density at radius 2 is 1.74 bits per heavy atom. The molecule has 1 aliphatic rings. The first kappa shape index (κ1) is 18.1. The van der Waals surface area contributed by atoms with Gasteiger partial charge in [0.15, 0.2) is 0 Å². The molecule has 27 heavy (non-hydrogen) atoms. The SMILES string of the molecule is COc1nc(OCc2cccc(-c3ccccc3)c2C)c2c(c1Br)CCC2. The number of halogens is 1. The summed E-state index contributed by atoms with van der Waals surface area (Å²) in [6, 6.07) is 16.8. The van der Waals surface area contributed by atoms with Crippen molar-refractivity contribution < 1.29 is 9.47 Å². The topological polar surface area (TPSA) is 31.4 Å². The predicted octanol–water partition coefficient (Wildman–Crippen LogP) is 5.90. The molecule has 0 fully saturated rings. The molecule has 1 heterocycles. The highest BCUT2D eigenvalue weighted by molar-refractivity contribution is 9.10. The van der Waals surface area contributed by atoms with E-state index in [9.17, 15) is 0 Å². The molecule has 1 aromatic heterocycles. The van der Waals surface area contributed by atoms with E-state index in [0.29, 0.717) is 18.4 Å². The van der Waals surface area contributed by atoms with Crippen LogP contribution in [0.2, 0.25) is 0 Å². The summed E-state index contributed by atoms with van der Waals surface area (Å²) in [5.41, 5.74) is 7.35. The number of aromatic nitrogens is 1. The van der Waals surface area contributed by atoms with Crippen LogP contribution in [0.5, 0.6) is 11.8 Å². The highest BCUT2D eigenvalue weighted by Crippen LogP contribution is 2.39. The van der Waals surface area contributed by atoms with Crippen LogP contribution >= 0.6 is 15.9 Å². The van der Waals surface area contributed by atoms with Crippen LogP contribution in [-0.4, -0.2) is 12.1 Å². The molecule has 0 atom stereocenters. The smallest absolute Gasteiger partial charge is 0.231 e. The lowest BCUT2D eigenvalue weighted by molar-refractivity contribution is 0.283. The highest BCUT2D eigenvalue weighted by atomic mass is 79.9. The molecule has 0 radical (unpaired) electrons. The zero-order valence-corrected chi connectivity index (χ0v) is 17.2. The van der Waals surface area contributed by atoms with Gasteiger partial charge in [0.25, 0.3) is 0 Å². The fraction of sp³-hybridized carbons (Fsp3) is 0.261. The first-order valence-electron chi connectivity index (χ1n) is 9.21. The van der Waals surface area contributed by atoms with E-state index in [1.54, 1.807) is 7.11 Å². The van der Waals surface area contributed by atoms with Gasteiger partial charge in [0.05, 0.1) is 11.6 Å². The molecule has 0 aliphatic heterocycles. The maximum Gasteiger partial charge on any atom is 0.231 e. The third-order valence-electron chi connectivity index (χ3n) is 5.22. The van der Waals surface area contributed by atoms with Crippen molar-refractivity contribution in [3.8, 4) is 22.9 Å². The van der Waals surface area contributed by atoms with Crippen LogP contribution in [0.1, 0.15) is 28.7 Å². The summed E-state index contributed by atoms with van der Waals surface area (Å²) in [4.78, 5) is 4.60. The van der Waals surface area contributed by atoms with Gasteiger partial charge in [0, 0.05) is 5.56 Å². The second kappa shape index (κ2) is 7.73. The van der Waals surface area contributed by atoms with Gasteiger partial charge in [0.2, 0.25) is 11.8 Å². The molecule has 0 spiro atoms. The predicted molar refractivity (Wildman–Crippen MR) is 111 cm³/mol. The minimum absolute atomic E-state index is 0.497. The van der Waals surface area contributed by atoms with Crippen molar-refractivity contribution in [1.82, 2.24) is 4.98 Å². The molecule has 0 bridgehead atoms. The van der Waals surface area contributed by atoms with Crippen LogP contribution in [0.4, 0.5) is 0 Å². The van der Waals surface area contributed by atoms with Crippen molar-refractivity contribution in [2.75, 3.05) is 7.11 Å². The van der Waals surface area contributed by atoms with Crippen LogP contribution in [0.25, 0.3) is 11.1 Å². The first-order chi connectivity index (χ1) is 13.2. The van der Waals surface area contributed by atoms with E-state index in [4.69, 9.17) is 9.47 Å². The van der Waals surface area contributed by atoms with Gasteiger partial charge in [-0.15, -0.1) is 0 Å². The average molecular weight is 424 g/mol. The second-order valence-corrected chi connectivity index (χ2v) is 7.59. The minimum Gasteiger partial charge on any atom is -0.480 e. The Labute approximate surface area is 168 Å². The minimum atomic E-state index is 0.497. The molecule has 2 aromatic carbocycles. The number of fused-ring (bicyclic) bond motifs is 1. The van der Waals surface area contributed by atoms with Crippen molar-refractivity contribution in [2.24, 2.45) is 0 Å². The maximum absolute atomic E-state index is 6.19. The molecule has 0 N–H and O–H groups in total. The summed E-state index contributed by atoms with van der Waals surface area (Å²) in [6.07, 6.45) is 3.17. The molecule has 0 amide bonds. The van der Waals surface area contributed by atoms with Crippen molar-refractivity contribution in [3.05, 3.63) is 75.3 Å². The number of pyridine rings is 1. The molecule has 0 saturated heterocycles. The van der Waals surface area contributed by atoms with Crippen molar-refractivity contribution in [3.63, 3.8) is 0 Å². The summed E-state index contributed by atoms with van der Waals surface area (Å²) in [5, 5.41) is 0. The lowest BCUT2D eigenvalue weighted by atomic mass is 9.97. The monoisotopic (exact) mass is 423 g/mol. The number of rotatable bonds is 5. The van der Waals surface area contributed by atoms with Gasteiger partial charge in [-0.25, -0.2) is 0 Å². The van der Waals surface area contributed by atoms with E-state index in [-0.39, 0.29) is 0 Å². The summed E-state index contributed by atoms with van der Waals surface area (Å²) in [5.74, 6) is 1.30. The molecule has 1 aliphatic carbocycles. The highest BCUT2D eigenvalue weighted by Gasteiger charge is 2.24. The number of methoxy groups -OCH3 is 1. The Kier molecular flexibility index (Phi) is 5.17. The summed E-state index contributed by atoms with van der Waals surface area (Å²) in [6.45, 7) is 2.65. The van der Waals surface area contributed by atoms with Gasteiger partial charge in [-0.2, -0.15) is 4.98 Å². The Hall–Kier alpha value is -2.33. The molecule has 3 aromatic rings. The number of nitrogens with zero attached hydrogens (tertiary/aromatic N) is 1.